The molecule has 1 aromatic heterocycles. The molecule has 0 saturated carbocycles. The predicted octanol–water partition coefficient (Wildman–Crippen LogP) is 4.52. The zero-order valence-corrected chi connectivity index (χ0v) is 16.5. The molecule has 0 saturated heterocycles. The van der Waals surface area contributed by atoms with Crippen molar-refractivity contribution in [1.82, 2.24) is 9.97 Å². The van der Waals surface area contributed by atoms with Gasteiger partial charge in [-0.1, -0.05) is 18.2 Å². The lowest BCUT2D eigenvalue weighted by Gasteiger charge is -2.14. The van der Waals surface area contributed by atoms with E-state index in [0.29, 0.717) is 48.4 Å². The van der Waals surface area contributed by atoms with Crippen LogP contribution >= 0.6 is 0 Å². The number of hydrogen-bond acceptors (Lipinski definition) is 6. The number of aromatic nitrogens is 2. The number of halogens is 2. The first-order chi connectivity index (χ1) is 14.0. The van der Waals surface area contributed by atoms with E-state index in [1.807, 2.05) is 0 Å². The van der Waals surface area contributed by atoms with E-state index in [9.17, 15) is 8.78 Å². The number of nitrogens with zero attached hydrogens (tertiary/aromatic N) is 2. The van der Waals surface area contributed by atoms with Crippen LogP contribution < -0.4 is 14.8 Å². The summed E-state index contributed by atoms with van der Waals surface area (Å²) in [6, 6.07) is 9.90. The first-order valence-electron chi connectivity index (χ1n) is 9.10. The lowest BCUT2D eigenvalue weighted by molar-refractivity contribution is 0.144. The van der Waals surface area contributed by atoms with Gasteiger partial charge in [-0.25, -0.2) is 18.7 Å². The van der Waals surface area contributed by atoms with Gasteiger partial charge in [0.25, 0.3) is 6.43 Å². The Labute approximate surface area is 167 Å². The minimum Gasteiger partial charge on any atom is -0.493 e. The van der Waals surface area contributed by atoms with Crippen molar-refractivity contribution in [3.63, 3.8) is 0 Å². The molecule has 8 heteroatoms. The van der Waals surface area contributed by atoms with Crippen molar-refractivity contribution in [3.05, 3.63) is 53.3 Å². The number of benzene rings is 2. The fourth-order valence-corrected chi connectivity index (χ4v) is 2.92. The van der Waals surface area contributed by atoms with E-state index >= 15 is 0 Å². The lowest BCUT2D eigenvalue weighted by Crippen LogP contribution is -2.07. The van der Waals surface area contributed by atoms with Crippen LogP contribution in [0.15, 0.2) is 36.4 Å². The Morgan fingerprint density at radius 1 is 1.03 bits per heavy atom. The molecule has 0 amide bonds. The summed E-state index contributed by atoms with van der Waals surface area (Å²) in [5.41, 5.74) is 1.42. The second-order valence-electron chi connectivity index (χ2n) is 6.38. The van der Waals surface area contributed by atoms with Crippen molar-refractivity contribution in [2.45, 2.75) is 19.9 Å². The molecule has 0 aliphatic carbocycles. The largest absolute Gasteiger partial charge is 0.493 e. The average Bonchev–Trinajstić information content (AvgIpc) is 2.72. The molecule has 0 atom stereocenters. The Bertz CT molecular complexity index is 983. The number of hydrogen-bond donors (Lipinski definition) is 1. The highest BCUT2D eigenvalue weighted by Crippen LogP contribution is 2.34. The lowest BCUT2D eigenvalue weighted by atomic mass is 10.1. The molecule has 3 aromatic rings. The molecule has 0 spiro atoms. The van der Waals surface area contributed by atoms with Crippen molar-refractivity contribution < 1.29 is 23.0 Å². The van der Waals surface area contributed by atoms with Gasteiger partial charge in [-0.3, -0.25) is 0 Å². The molecule has 0 aliphatic heterocycles. The zero-order chi connectivity index (χ0) is 20.8. The second-order valence-corrected chi connectivity index (χ2v) is 6.38. The Kier molecular flexibility index (Phi) is 6.77. The molecular weight excluding hydrogens is 380 g/mol. The van der Waals surface area contributed by atoms with Gasteiger partial charge in [0.1, 0.15) is 18.2 Å². The maximum absolute atomic E-state index is 12.9. The fourth-order valence-electron chi connectivity index (χ4n) is 2.92. The maximum atomic E-state index is 12.9. The van der Waals surface area contributed by atoms with Gasteiger partial charge in [0.05, 0.1) is 19.2 Å². The monoisotopic (exact) mass is 403 g/mol. The Morgan fingerprint density at radius 3 is 2.59 bits per heavy atom. The number of aryl methyl sites for hydroxylation is 1. The summed E-state index contributed by atoms with van der Waals surface area (Å²) in [5, 5.41) is 3.97. The molecule has 0 fully saturated rings. The Hall–Kier alpha value is -3.00. The minimum absolute atomic E-state index is 0.00779. The highest BCUT2D eigenvalue weighted by atomic mass is 19.3. The van der Waals surface area contributed by atoms with Gasteiger partial charge in [-0.2, -0.15) is 0 Å². The van der Waals surface area contributed by atoms with Crippen molar-refractivity contribution in [3.8, 4) is 11.5 Å². The molecular formula is C21H23F2N3O3. The van der Waals surface area contributed by atoms with Crippen molar-refractivity contribution in [2.75, 3.05) is 32.8 Å². The van der Waals surface area contributed by atoms with E-state index in [-0.39, 0.29) is 5.56 Å². The van der Waals surface area contributed by atoms with Gasteiger partial charge < -0.3 is 19.5 Å². The molecule has 3 rings (SSSR count). The van der Waals surface area contributed by atoms with E-state index in [4.69, 9.17) is 14.2 Å². The van der Waals surface area contributed by atoms with Crippen LogP contribution in [0.1, 0.15) is 23.4 Å². The molecule has 0 unspecified atom stereocenters. The van der Waals surface area contributed by atoms with Crippen molar-refractivity contribution in [2.24, 2.45) is 0 Å². The number of rotatable bonds is 9. The smallest absolute Gasteiger partial charge is 0.263 e. The first kappa shape index (κ1) is 20.7. The van der Waals surface area contributed by atoms with Crippen LogP contribution in [0.3, 0.4) is 0 Å². The molecule has 0 radical (unpaired) electrons. The third-order valence-electron chi connectivity index (χ3n) is 4.30. The molecule has 1 heterocycles. The molecule has 0 bridgehead atoms. The highest BCUT2D eigenvalue weighted by molar-refractivity contribution is 5.91. The van der Waals surface area contributed by atoms with E-state index in [1.165, 1.54) is 12.1 Å². The van der Waals surface area contributed by atoms with Crippen LogP contribution in [-0.2, 0) is 11.3 Å². The van der Waals surface area contributed by atoms with Crippen LogP contribution in [-0.4, -0.2) is 37.4 Å². The molecule has 154 valence electrons. The number of ether oxygens (including phenoxy) is 3. The minimum atomic E-state index is -2.50. The number of nitrogens with one attached hydrogen (secondary N) is 1. The van der Waals surface area contributed by atoms with Gasteiger partial charge in [-0.05, 0) is 24.6 Å². The predicted molar refractivity (Wildman–Crippen MR) is 107 cm³/mol. The van der Waals surface area contributed by atoms with Crippen molar-refractivity contribution in [1.29, 1.82) is 0 Å². The molecule has 29 heavy (non-hydrogen) atoms. The van der Waals surface area contributed by atoms with E-state index < -0.39 is 6.43 Å². The SMILES string of the molecule is COCCOc1cc2c(NCc3cccc(C(F)F)c3)nc(C)nc2cc1OC. The van der Waals surface area contributed by atoms with Crippen LogP contribution in [0.5, 0.6) is 11.5 Å². The second kappa shape index (κ2) is 9.47. The number of fused-ring (bicyclic) bond motifs is 1. The molecule has 6 nitrogen and oxygen atoms in total. The van der Waals surface area contributed by atoms with Crippen LogP contribution in [0, 0.1) is 6.92 Å². The van der Waals surface area contributed by atoms with E-state index in [0.717, 1.165) is 10.9 Å². The van der Waals surface area contributed by atoms with Gasteiger partial charge in [0, 0.05) is 30.7 Å². The summed E-state index contributed by atoms with van der Waals surface area (Å²) in [4.78, 5) is 8.94. The van der Waals surface area contributed by atoms with E-state index in [1.54, 1.807) is 45.4 Å². The van der Waals surface area contributed by atoms with Gasteiger partial charge in [0.15, 0.2) is 11.5 Å². The Morgan fingerprint density at radius 2 is 1.86 bits per heavy atom. The summed E-state index contributed by atoms with van der Waals surface area (Å²) >= 11 is 0. The summed E-state index contributed by atoms with van der Waals surface area (Å²) < 4.78 is 42.1. The van der Waals surface area contributed by atoms with Crippen LogP contribution in [0.25, 0.3) is 10.9 Å². The zero-order valence-electron chi connectivity index (χ0n) is 16.5. The third-order valence-corrected chi connectivity index (χ3v) is 4.30. The fraction of sp³-hybridized carbons (Fsp3) is 0.333. The Balaban J connectivity index is 1.91. The molecule has 2 aromatic carbocycles. The van der Waals surface area contributed by atoms with Gasteiger partial charge >= 0.3 is 0 Å². The number of alkyl halides is 2. The summed E-state index contributed by atoms with van der Waals surface area (Å²) in [5.74, 6) is 2.28. The third kappa shape index (κ3) is 5.08. The maximum Gasteiger partial charge on any atom is 0.263 e. The van der Waals surface area contributed by atoms with E-state index in [2.05, 4.69) is 15.3 Å². The topological polar surface area (TPSA) is 65.5 Å². The normalized spacial score (nSPS) is 11.1. The molecule has 0 aliphatic rings. The van der Waals surface area contributed by atoms with Crippen LogP contribution in [0.4, 0.5) is 14.6 Å². The number of methoxy groups -OCH3 is 2. The first-order valence-corrected chi connectivity index (χ1v) is 9.10. The standard InChI is InChI=1S/C21H23F2N3O3/c1-13-25-17-11-18(28-3)19(29-8-7-27-2)10-16(17)21(26-13)24-12-14-5-4-6-15(9-14)20(22)23/h4-6,9-11,20H,7-8,12H2,1-3H3,(H,24,25,26). The number of anilines is 1. The van der Waals surface area contributed by atoms with Gasteiger partial charge in [0.2, 0.25) is 0 Å². The summed E-state index contributed by atoms with van der Waals surface area (Å²) in [6.07, 6.45) is -2.50. The average molecular weight is 403 g/mol. The van der Waals surface area contributed by atoms with Crippen molar-refractivity contribution >= 4 is 16.7 Å². The van der Waals surface area contributed by atoms with Crippen LogP contribution in [0.2, 0.25) is 0 Å². The molecule has 1 N–H and O–H groups in total. The highest BCUT2D eigenvalue weighted by Gasteiger charge is 2.13. The summed E-state index contributed by atoms with van der Waals surface area (Å²) in [7, 11) is 3.16. The summed E-state index contributed by atoms with van der Waals surface area (Å²) in [6.45, 7) is 2.95. The quantitative estimate of drug-likeness (QED) is 0.530. The van der Waals surface area contributed by atoms with Gasteiger partial charge in [-0.15, -0.1) is 0 Å².